The Morgan fingerprint density at radius 1 is 1.16 bits per heavy atom. The summed E-state index contributed by atoms with van der Waals surface area (Å²) in [6, 6.07) is 6.12. The van der Waals surface area contributed by atoms with E-state index in [1.165, 1.54) is 0 Å². The van der Waals surface area contributed by atoms with Crippen LogP contribution in [-0.2, 0) is 6.54 Å². The van der Waals surface area contributed by atoms with Gasteiger partial charge in [-0.3, -0.25) is 0 Å². The molecule has 0 amide bonds. The first-order valence-corrected chi connectivity index (χ1v) is 6.33. The molecule has 0 unspecified atom stereocenters. The average Bonchev–Trinajstić information content (AvgIpc) is 3.04. The van der Waals surface area contributed by atoms with Crippen molar-refractivity contribution in [2.75, 3.05) is 20.6 Å². The minimum Gasteiger partial charge on any atom is -0.336 e. The van der Waals surface area contributed by atoms with E-state index in [1.54, 1.807) is 6.20 Å². The van der Waals surface area contributed by atoms with Crippen molar-refractivity contribution in [2.24, 2.45) is 0 Å². The van der Waals surface area contributed by atoms with Crippen LogP contribution in [0.2, 0.25) is 0 Å². The van der Waals surface area contributed by atoms with Crippen LogP contribution in [0.25, 0.3) is 16.8 Å². The third-order valence-electron chi connectivity index (χ3n) is 3.13. The number of nitrogens with zero attached hydrogens (tertiary/aromatic N) is 5. The van der Waals surface area contributed by atoms with Gasteiger partial charge in [-0.2, -0.15) is 5.10 Å². The largest absolute Gasteiger partial charge is 0.336 e. The van der Waals surface area contributed by atoms with E-state index in [-0.39, 0.29) is 0 Å². The maximum absolute atomic E-state index is 4.46. The summed E-state index contributed by atoms with van der Waals surface area (Å²) in [6.07, 6.45) is 7.77. The molecule has 0 aliphatic rings. The van der Waals surface area contributed by atoms with Crippen LogP contribution >= 0.6 is 0 Å². The summed E-state index contributed by atoms with van der Waals surface area (Å²) in [5.74, 6) is 0. The fraction of sp³-hybridized carbons (Fsp3) is 0.286. The van der Waals surface area contributed by atoms with Crippen molar-refractivity contribution in [3.05, 3.63) is 43.1 Å². The number of fused-ring (bicyclic) bond motifs is 1. The smallest absolute Gasteiger partial charge is 0.0954 e. The van der Waals surface area contributed by atoms with E-state index in [0.29, 0.717) is 0 Å². The Balaban J connectivity index is 1.85. The predicted octanol–water partition coefficient (Wildman–Crippen LogP) is 1.76. The van der Waals surface area contributed by atoms with Crippen LogP contribution < -0.4 is 0 Å². The fourth-order valence-electron chi connectivity index (χ4n) is 2.01. The average molecular weight is 255 g/mol. The topological polar surface area (TPSA) is 38.4 Å². The van der Waals surface area contributed by atoms with E-state index in [2.05, 4.69) is 52.0 Å². The lowest BCUT2D eigenvalue weighted by molar-refractivity contribution is 0.384. The molecule has 0 N–H and O–H groups in total. The minimum atomic E-state index is 0.948. The van der Waals surface area contributed by atoms with Crippen molar-refractivity contribution < 1.29 is 0 Å². The molecule has 0 atom stereocenters. The lowest BCUT2D eigenvalue weighted by atomic mass is 10.2. The molecule has 0 fully saturated rings. The van der Waals surface area contributed by atoms with Crippen molar-refractivity contribution in [2.45, 2.75) is 6.54 Å². The molecule has 3 aromatic rings. The number of pyridine rings is 1. The van der Waals surface area contributed by atoms with E-state index in [9.17, 15) is 0 Å². The Morgan fingerprint density at radius 3 is 2.89 bits per heavy atom. The van der Waals surface area contributed by atoms with Crippen molar-refractivity contribution in [3.8, 4) is 11.3 Å². The summed E-state index contributed by atoms with van der Waals surface area (Å²) < 4.78 is 3.98. The second-order valence-corrected chi connectivity index (χ2v) is 4.92. The Labute approximate surface area is 112 Å². The van der Waals surface area contributed by atoms with Gasteiger partial charge < -0.3 is 9.47 Å². The lowest BCUT2D eigenvalue weighted by Crippen LogP contribution is -2.17. The summed E-state index contributed by atoms with van der Waals surface area (Å²) in [6.45, 7) is 1.96. The molecule has 0 aliphatic heterocycles. The van der Waals surface area contributed by atoms with Crippen molar-refractivity contribution in [1.29, 1.82) is 0 Å². The van der Waals surface area contributed by atoms with Gasteiger partial charge >= 0.3 is 0 Å². The highest BCUT2D eigenvalue weighted by Gasteiger charge is 2.04. The molecule has 0 saturated heterocycles. The first kappa shape index (κ1) is 11.9. The van der Waals surface area contributed by atoms with Gasteiger partial charge in [-0.25, -0.2) is 9.50 Å². The van der Waals surface area contributed by atoms with E-state index < -0.39 is 0 Å². The van der Waals surface area contributed by atoms with Gasteiger partial charge in [-0.1, -0.05) is 0 Å². The predicted molar refractivity (Wildman–Crippen MR) is 75.0 cm³/mol. The third kappa shape index (κ3) is 2.51. The Kier molecular flexibility index (Phi) is 3.05. The van der Waals surface area contributed by atoms with E-state index in [1.807, 2.05) is 23.1 Å². The van der Waals surface area contributed by atoms with Crippen LogP contribution in [0.3, 0.4) is 0 Å². The van der Waals surface area contributed by atoms with Gasteiger partial charge in [0.1, 0.15) is 0 Å². The normalized spacial score (nSPS) is 11.5. The molecule has 5 nitrogen and oxygen atoms in total. The highest BCUT2D eigenvalue weighted by atomic mass is 15.2. The molecular formula is C14H17N5. The summed E-state index contributed by atoms with van der Waals surface area (Å²) in [5, 5.41) is 4.25. The van der Waals surface area contributed by atoms with Gasteiger partial charge in [-0.15, -0.1) is 0 Å². The van der Waals surface area contributed by atoms with Gasteiger partial charge in [0.25, 0.3) is 0 Å². The van der Waals surface area contributed by atoms with Gasteiger partial charge in [0, 0.05) is 37.2 Å². The second-order valence-electron chi connectivity index (χ2n) is 4.92. The zero-order valence-corrected chi connectivity index (χ0v) is 11.2. The number of aromatic nitrogens is 4. The standard InChI is InChI=1S/C14H17N5/c1-17(2)7-8-18-10-14(15-11-18)12-3-4-13-5-6-16-19(13)9-12/h3-6,9-11H,7-8H2,1-2H3. The van der Waals surface area contributed by atoms with Crippen LogP contribution in [0.5, 0.6) is 0 Å². The summed E-state index contributed by atoms with van der Waals surface area (Å²) in [5.41, 5.74) is 3.16. The van der Waals surface area contributed by atoms with Crippen LogP contribution in [0.1, 0.15) is 0 Å². The number of hydrogen-bond donors (Lipinski definition) is 0. The molecule has 0 bridgehead atoms. The molecule has 3 heterocycles. The Hall–Kier alpha value is -2.14. The lowest BCUT2D eigenvalue weighted by Gasteiger charge is -2.08. The number of rotatable bonds is 4. The number of hydrogen-bond acceptors (Lipinski definition) is 3. The molecule has 5 heteroatoms. The quantitative estimate of drug-likeness (QED) is 0.713. The van der Waals surface area contributed by atoms with Crippen LogP contribution in [0.4, 0.5) is 0 Å². The molecule has 3 aromatic heterocycles. The zero-order valence-electron chi connectivity index (χ0n) is 11.2. The Morgan fingerprint density at radius 2 is 2.05 bits per heavy atom. The first-order chi connectivity index (χ1) is 9.22. The monoisotopic (exact) mass is 255 g/mol. The summed E-state index contributed by atoms with van der Waals surface area (Å²) in [7, 11) is 4.15. The van der Waals surface area contributed by atoms with Gasteiger partial charge in [0.05, 0.1) is 17.5 Å². The molecule has 0 radical (unpaired) electrons. The van der Waals surface area contributed by atoms with Crippen molar-refractivity contribution in [1.82, 2.24) is 24.1 Å². The van der Waals surface area contributed by atoms with E-state index >= 15 is 0 Å². The van der Waals surface area contributed by atoms with Gasteiger partial charge in [0.2, 0.25) is 0 Å². The van der Waals surface area contributed by atoms with Crippen molar-refractivity contribution in [3.63, 3.8) is 0 Å². The maximum atomic E-state index is 4.46. The molecule has 19 heavy (non-hydrogen) atoms. The van der Waals surface area contributed by atoms with E-state index in [4.69, 9.17) is 0 Å². The second kappa shape index (κ2) is 4.85. The van der Waals surface area contributed by atoms with Crippen LogP contribution in [-0.4, -0.2) is 44.7 Å². The molecule has 98 valence electrons. The molecule has 0 spiro atoms. The van der Waals surface area contributed by atoms with E-state index in [0.717, 1.165) is 29.9 Å². The number of likely N-dealkylation sites (N-methyl/N-ethyl adjacent to an activating group) is 1. The Bertz CT molecular complexity index is 680. The molecular weight excluding hydrogens is 238 g/mol. The molecule has 0 saturated carbocycles. The highest BCUT2D eigenvalue weighted by molar-refractivity contribution is 5.61. The first-order valence-electron chi connectivity index (χ1n) is 6.33. The highest BCUT2D eigenvalue weighted by Crippen LogP contribution is 2.17. The minimum absolute atomic E-state index is 0.948. The summed E-state index contributed by atoms with van der Waals surface area (Å²) in [4.78, 5) is 6.62. The maximum Gasteiger partial charge on any atom is 0.0954 e. The molecule has 0 aliphatic carbocycles. The van der Waals surface area contributed by atoms with Crippen molar-refractivity contribution >= 4 is 5.52 Å². The SMILES string of the molecule is CN(C)CCn1cnc(-c2ccc3ccnn3c2)c1. The third-order valence-corrected chi connectivity index (χ3v) is 3.13. The fourth-order valence-corrected chi connectivity index (χ4v) is 2.01. The zero-order chi connectivity index (χ0) is 13.2. The molecule has 3 rings (SSSR count). The van der Waals surface area contributed by atoms with Crippen LogP contribution in [0.15, 0.2) is 43.1 Å². The van der Waals surface area contributed by atoms with Crippen LogP contribution in [0, 0.1) is 0 Å². The van der Waals surface area contributed by atoms with Gasteiger partial charge in [-0.05, 0) is 32.3 Å². The van der Waals surface area contributed by atoms with Gasteiger partial charge in [0.15, 0.2) is 0 Å². The molecule has 0 aromatic carbocycles. The number of imidazole rings is 1. The summed E-state index contributed by atoms with van der Waals surface area (Å²) >= 11 is 0.